The van der Waals surface area contributed by atoms with Crippen LogP contribution in [0.1, 0.15) is 43.0 Å². The number of benzene rings is 1. The fourth-order valence-corrected chi connectivity index (χ4v) is 2.83. The second-order valence-corrected chi connectivity index (χ2v) is 5.83. The lowest BCUT2D eigenvalue weighted by Crippen LogP contribution is -2.43. The van der Waals surface area contributed by atoms with Crippen molar-refractivity contribution in [3.05, 3.63) is 29.8 Å². The summed E-state index contributed by atoms with van der Waals surface area (Å²) < 4.78 is 0. The van der Waals surface area contributed by atoms with Crippen LogP contribution in [0.3, 0.4) is 0 Å². The van der Waals surface area contributed by atoms with Gasteiger partial charge in [0.05, 0.1) is 17.2 Å². The molecule has 1 aliphatic heterocycles. The summed E-state index contributed by atoms with van der Waals surface area (Å²) in [6.07, 6.45) is 2.86. The minimum absolute atomic E-state index is 0.0996. The lowest BCUT2D eigenvalue weighted by molar-refractivity contribution is -0.134. The molecular weight excluding hydrogens is 294 g/mol. The standard InChI is InChI=1S/C17H23N3O3/c1-2-6-15(21)20-10-5-7-12(11-20)17(23)19-14-9-4-3-8-13(14)16(18)22/h3-4,8-9,12H,2,5-7,10-11H2,1H3,(H2,18,22)(H,19,23). The topological polar surface area (TPSA) is 92.5 Å². The van der Waals surface area contributed by atoms with Crippen molar-refractivity contribution in [2.75, 3.05) is 18.4 Å². The third-order valence-corrected chi connectivity index (χ3v) is 4.06. The monoisotopic (exact) mass is 317 g/mol. The van der Waals surface area contributed by atoms with Gasteiger partial charge in [-0.05, 0) is 31.4 Å². The molecule has 1 heterocycles. The molecule has 1 unspecified atom stereocenters. The number of para-hydroxylation sites is 1. The summed E-state index contributed by atoms with van der Waals surface area (Å²) in [4.78, 5) is 37.6. The Morgan fingerprint density at radius 2 is 2.04 bits per heavy atom. The molecule has 0 saturated carbocycles. The Morgan fingerprint density at radius 3 is 2.74 bits per heavy atom. The predicted octanol–water partition coefficient (Wildman–Crippen LogP) is 1.76. The van der Waals surface area contributed by atoms with Gasteiger partial charge in [0, 0.05) is 19.5 Å². The molecule has 1 atom stereocenters. The van der Waals surface area contributed by atoms with E-state index in [0.29, 0.717) is 25.2 Å². The fourth-order valence-electron chi connectivity index (χ4n) is 2.83. The molecule has 23 heavy (non-hydrogen) atoms. The third kappa shape index (κ3) is 4.31. The zero-order valence-electron chi connectivity index (χ0n) is 13.4. The summed E-state index contributed by atoms with van der Waals surface area (Å²) in [6, 6.07) is 6.66. The van der Waals surface area contributed by atoms with Gasteiger partial charge in [0.2, 0.25) is 11.8 Å². The zero-order chi connectivity index (χ0) is 16.8. The van der Waals surface area contributed by atoms with Crippen molar-refractivity contribution in [2.45, 2.75) is 32.6 Å². The first kappa shape index (κ1) is 17.0. The minimum atomic E-state index is -0.579. The molecule has 6 nitrogen and oxygen atoms in total. The van der Waals surface area contributed by atoms with Crippen LogP contribution in [-0.4, -0.2) is 35.7 Å². The number of hydrogen-bond donors (Lipinski definition) is 2. The maximum absolute atomic E-state index is 12.5. The first-order valence-electron chi connectivity index (χ1n) is 8.00. The summed E-state index contributed by atoms with van der Waals surface area (Å²) >= 11 is 0. The number of carbonyl (C=O) groups excluding carboxylic acids is 3. The molecule has 0 aliphatic carbocycles. The second kappa shape index (κ2) is 7.76. The third-order valence-electron chi connectivity index (χ3n) is 4.06. The van der Waals surface area contributed by atoms with Crippen molar-refractivity contribution in [2.24, 2.45) is 11.7 Å². The Labute approximate surface area is 136 Å². The average Bonchev–Trinajstić information content (AvgIpc) is 2.55. The molecule has 0 spiro atoms. The summed E-state index contributed by atoms with van der Waals surface area (Å²) in [6.45, 7) is 3.11. The van der Waals surface area contributed by atoms with Crippen LogP contribution in [-0.2, 0) is 9.59 Å². The lowest BCUT2D eigenvalue weighted by Gasteiger charge is -2.32. The predicted molar refractivity (Wildman–Crippen MR) is 87.8 cm³/mol. The van der Waals surface area contributed by atoms with E-state index in [-0.39, 0.29) is 23.3 Å². The molecule has 3 N–H and O–H groups in total. The summed E-state index contributed by atoms with van der Waals surface area (Å²) in [5.41, 5.74) is 6.03. The van der Waals surface area contributed by atoms with E-state index in [1.54, 1.807) is 29.2 Å². The van der Waals surface area contributed by atoms with Crippen molar-refractivity contribution in [1.82, 2.24) is 4.90 Å². The number of likely N-dealkylation sites (tertiary alicyclic amines) is 1. The van der Waals surface area contributed by atoms with Gasteiger partial charge >= 0.3 is 0 Å². The molecule has 1 fully saturated rings. The van der Waals surface area contributed by atoms with Crippen LogP contribution in [0.2, 0.25) is 0 Å². The number of nitrogens with two attached hydrogens (primary N) is 1. The molecule has 1 aliphatic rings. The van der Waals surface area contributed by atoms with Crippen molar-refractivity contribution >= 4 is 23.4 Å². The Kier molecular flexibility index (Phi) is 5.73. The number of nitrogens with one attached hydrogen (secondary N) is 1. The second-order valence-electron chi connectivity index (χ2n) is 5.83. The molecule has 1 saturated heterocycles. The van der Waals surface area contributed by atoms with Crippen LogP contribution in [0.4, 0.5) is 5.69 Å². The molecule has 0 radical (unpaired) electrons. The van der Waals surface area contributed by atoms with Gasteiger partial charge in [0.1, 0.15) is 0 Å². The van der Waals surface area contributed by atoms with E-state index in [1.165, 1.54) is 0 Å². The highest BCUT2D eigenvalue weighted by molar-refractivity contribution is 6.03. The van der Waals surface area contributed by atoms with Crippen LogP contribution >= 0.6 is 0 Å². The van der Waals surface area contributed by atoms with Crippen LogP contribution in [0.5, 0.6) is 0 Å². The number of carbonyl (C=O) groups is 3. The Morgan fingerprint density at radius 1 is 1.30 bits per heavy atom. The number of primary amides is 1. The molecule has 124 valence electrons. The number of anilines is 1. The van der Waals surface area contributed by atoms with E-state index in [4.69, 9.17) is 5.73 Å². The number of amides is 3. The molecule has 0 bridgehead atoms. The lowest BCUT2D eigenvalue weighted by atomic mass is 9.96. The van der Waals surface area contributed by atoms with Crippen LogP contribution < -0.4 is 11.1 Å². The van der Waals surface area contributed by atoms with Crippen molar-refractivity contribution in [3.8, 4) is 0 Å². The SMILES string of the molecule is CCCC(=O)N1CCCC(C(=O)Nc2ccccc2C(N)=O)C1. The minimum Gasteiger partial charge on any atom is -0.366 e. The van der Waals surface area contributed by atoms with Gasteiger partial charge in [-0.3, -0.25) is 14.4 Å². The Bertz CT molecular complexity index is 601. The van der Waals surface area contributed by atoms with E-state index in [9.17, 15) is 14.4 Å². The van der Waals surface area contributed by atoms with E-state index in [2.05, 4.69) is 5.32 Å². The zero-order valence-corrected chi connectivity index (χ0v) is 13.4. The van der Waals surface area contributed by atoms with E-state index >= 15 is 0 Å². The molecule has 1 aromatic carbocycles. The first-order chi connectivity index (χ1) is 11.0. The normalized spacial score (nSPS) is 17.6. The van der Waals surface area contributed by atoms with Crippen molar-refractivity contribution in [3.63, 3.8) is 0 Å². The molecule has 6 heteroatoms. The van der Waals surface area contributed by atoms with E-state index in [0.717, 1.165) is 19.3 Å². The first-order valence-corrected chi connectivity index (χ1v) is 8.00. The number of nitrogens with zero attached hydrogens (tertiary/aromatic N) is 1. The van der Waals surface area contributed by atoms with Gasteiger partial charge in [-0.2, -0.15) is 0 Å². The highest BCUT2D eigenvalue weighted by Gasteiger charge is 2.28. The highest BCUT2D eigenvalue weighted by Crippen LogP contribution is 2.21. The van der Waals surface area contributed by atoms with Gasteiger partial charge in [-0.25, -0.2) is 0 Å². The molecule has 0 aromatic heterocycles. The Hall–Kier alpha value is -2.37. The van der Waals surface area contributed by atoms with Crippen molar-refractivity contribution < 1.29 is 14.4 Å². The maximum atomic E-state index is 12.5. The van der Waals surface area contributed by atoms with Crippen LogP contribution in [0.25, 0.3) is 0 Å². The largest absolute Gasteiger partial charge is 0.366 e. The van der Waals surface area contributed by atoms with Crippen LogP contribution in [0.15, 0.2) is 24.3 Å². The average molecular weight is 317 g/mol. The number of hydrogen-bond acceptors (Lipinski definition) is 3. The van der Waals surface area contributed by atoms with E-state index in [1.807, 2.05) is 6.92 Å². The summed E-state index contributed by atoms with van der Waals surface area (Å²) in [5.74, 6) is -0.912. The van der Waals surface area contributed by atoms with Gasteiger partial charge in [-0.15, -0.1) is 0 Å². The summed E-state index contributed by atoms with van der Waals surface area (Å²) in [7, 11) is 0. The molecular formula is C17H23N3O3. The molecule has 2 rings (SSSR count). The van der Waals surface area contributed by atoms with Crippen molar-refractivity contribution in [1.29, 1.82) is 0 Å². The number of piperidine rings is 1. The molecule has 3 amide bonds. The highest BCUT2D eigenvalue weighted by atomic mass is 16.2. The Balaban J connectivity index is 2.03. The van der Waals surface area contributed by atoms with Gasteiger partial charge in [-0.1, -0.05) is 19.1 Å². The maximum Gasteiger partial charge on any atom is 0.250 e. The quantitative estimate of drug-likeness (QED) is 0.866. The van der Waals surface area contributed by atoms with E-state index < -0.39 is 5.91 Å². The number of rotatable bonds is 5. The van der Waals surface area contributed by atoms with Gasteiger partial charge < -0.3 is 16.0 Å². The van der Waals surface area contributed by atoms with Gasteiger partial charge in [0.25, 0.3) is 5.91 Å². The van der Waals surface area contributed by atoms with Crippen LogP contribution in [0, 0.1) is 5.92 Å². The smallest absolute Gasteiger partial charge is 0.250 e. The summed E-state index contributed by atoms with van der Waals surface area (Å²) in [5, 5.41) is 2.78. The molecule has 1 aromatic rings. The van der Waals surface area contributed by atoms with Gasteiger partial charge in [0.15, 0.2) is 0 Å². The fraction of sp³-hybridized carbons (Fsp3) is 0.471.